The van der Waals surface area contributed by atoms with Gasteiger partial charge in [0.2, 0.25) is 0 Å². The molecule has 0 aliphatic rings. The zero-order chi connectivity index (χ0) is 27.4. The van der Waals surface area contributed by atoms with Crippen LogP contribution in [0.3, 0.4) is 0 Å². The molecule has 1 aromatic rings. The number of rotatable bonds is 29. The van der Waals surface area contributed by atoms with Crippen LogP contribution in [-0.4, -0.2) is 18.3 Å². The minimum atomic E-state index is 0.0357. The Balaban J connectivity index is 2.07. The van der Waals surface area contributed by atoms with Gasteiger partial charge in [0.15, 0.2) is 11.5 Å². The van der Waals surface area contributed by atoms with Crippen molar-refractivity contribution in [3.63, 3.8) is 0 Å². The number of aliphatic hydroxyl groups excluding tert-OH is 1. The Morgan fingerprint density at radius 2 is 0.789 bits per heavy atom. The molecule has 0 aliphatic carbocycles. The Hall–Kier alpha value is -1.22. The van der Waals surface area contributed by atoms with Crippen LogP contribution in [0.4, 0.5) is 0 Å². The molecule has 3 heteroatoms. The van der Waals surface area contributed by atoms with E-state index in [4.69, 9.17) is 9.47 Å². The zero-order valence-corrected chi connectivity index (χ0v) is 25.6. The van der Waals surface area contributed by atoms with Gasteiger partial charge >= 0.3 is 0 Å². The normalized spacial score (nSPS) is 11.2. The fourth-order valence-corrected chi connectivity index (χ4v) is 5.13. The van der Waals surface area contributed by atoms with E-state index in [0.717, 1.165) is 43.1 Å². The summed E-state index contributed by atoms with van der Waals surface area (Å²) < 4.78 is 12.2. The molecule has 222 valence electrons. The Kier molecular flexibility index (Phi) is 25.1. The van der Waals surface area contributed by atoms with Crippen molar-refractivity contribution >= 4 is 0 Å². The number of benzene rings is 1. The van der Waals surface area contributed by atoms with E-state index in [9.17, 15) is 5.11 Å². The molecule has 1 rings (SSSR count). The van der Waals surface area contributed by atoms with Crippen molar-refractivity contribution in [2.75, 3.05) is 13.2 Å². The van der Waals surface area contributed by atoms with E-state index in [0.29, 0.717) is 0 Å². The Morgan fingerprint density at radius 3 is 1.16 bits per heavy atom. The molecule has 0 unspecified atom stereocenters. The summed E-state index contributed by atoms with van der Waals surface area (Å²) in [6.07, 6.45) is 32.4. The van der Waals surface area contributed by atoms with Gasteiger partial charge in [-0.3, -0.25) is 0 Å². The smallest absolute Gasteiger partial charge is 0.161 e. The number of hydrogen-bond acceptors (Lipinski definition) is 3. The second-order valence-electron chi connectivity index (χ2n) is 11.4. The zero-order valence-electron chi connectivity index (χ0n) is 25.6. The van der Waals surface area contributed by atoms with Crippen molar-refractivity contribution in [2.45, 2.75) is 175 Å². The maximum Gasteiger partial charge on any atom is 0.161 e. The standard InChI is InChI=1S/C35H64O3/c1-3-5-7-9-11-13-15-17-19-21-23-25-29-37-34-28-27-33(32-36)31-35(34)38-30-26-24-22-20-18-16-14-12-10-8-6-4-2/h27-28,31,36H,3-26,29-30,32H2,1-2H3. The lowest BCUT2D eigenvalue weighted by Crippen LogP contribution is -2.03. The van der Waals surface area contributed by atoms with Gasteiger partial charge < -0.3 is 14.6 Å². The molecule has 1 aromatic carbocycles. The van der Waals surface area contributed by atoms with Crippen molar-refractivity contribution < 1.29 is 14.6 Å². The summed E-state index contributed by atoms with van der Waals surface area (Å²) in [6, 6.07) is 5.84. The first kappa shape index (κ1) is 34.8. The third-order valence-corrected chi connectivity index (χ3v) is 7.70. The molecular formula is C35H64O3. The van der Waals surface area contributed by atoms with Gasteiger partial charge in [-0.2, -0.15) is 0 Å². The minimum absolute atomic E-state index is 0.0357. The van der Waals surface area contributed by atoms with E-state index in [1.165, 1.54) is 141 Å². The van der Waals surface area contributed by atoms with Crippen LogP contribution in [0, 0.1) is 0 Å². The predicted molar refractivity (Wildman–Crippen MR) is 166 cm³/mol. The molecule has 0 aliphatic heterocycles. The molecule has 0 atom stereocenters. The highest BCUT2D eigenvalue weighted by atomic mass is 16.5. The minimum Gasteiger partial charge on any atom is -0.490 e. The van der Waals surface area contributed by atoms with Crippen molar-refractivity contribution in [3.05, 3.63) is 23.8 Å². The summed E-state index contributed by atoms with van der Waals surface area (Å²) >= 11 is 0. The topological polar surface area (TPSA) is 38.7 Å². The molecular weight excluding hydrogens is 468 g/mol. The fourth-order valence-electron chi connectivity index (χ4n) is 5.13. The Labute approximate surface area is 237 Å². The van der Waals surface area contributed by atoms with E-state index in [2.05, 4.69) is 13.8 Å². The lowest BCUT2D eigenvalue weighted by molar-refractivity contribution is 0.254. The van der Waals surface area contributed by atoms with E-state index >= 15 is 0 Å². The van der Waals surface area contributed by atoms with Gasteiger partial charge in [0, 0.05) is 0 Å². The van der Waals surface area contributed by atoms with Crippen LogP contribution >= 0.6 is 0 Å². The second kappa shape index (κ2) is 27.4. The average Bonchev–Trinajstić information content (AvgIpc) is 2.94. The van der Waals surface area contributed by atoms with Gasteiger partial charge in [0.1, 0.15) is 0 Å². The third-order valence-electron chi connectivity index (χ3n) is 7.70. The molecule has 0 fully saturated rings. The summed E-state index contributed by atoms with van der Waals surface area (Å²) in [4.78, 5) is 0. The first-order valence-corrected chi connectivity index (χ1v) is 16.8. The molecule has 0 saturated heterocycles. The van der Waals surface area contributed by atoms with Gasteiger partial charge in [-0.25, -0.2) is 0 Å². The second-order valence-corrected chi connectivity index (χ2v) is 11.4. The molecule has 0 bridgehead atoms. The number of aliphatic hydroxyl groups is 1. The van der Waals surface area contributed by atoms with Crippen LogP contribution in [-0.2, 0) is 6.61 Å². The van der Waals surface area contributed by atoms with Gasteiger partial charge in [0.05, 0.1) is 19.8 Å². The first-order valence-electron chi connectivity index (χ1n) is 16.8. The van der Waals surface area contributed by atoms with Crippen molar-refractivity contribution in [1.29, 1.82) is 0 Å². The molecule has 0 saturated carbocycles. The largest absolute Gasteiger partial charge is 0.490 e. The molecule has 0 spiro atoms. The SMILES string of the molecule is CCCCCCCCCCCCCCOc1ccc(CO)cc1OCCCCCCCCCCCCCC. The van der Waals surface area contributed by atoms with Crippen LogP contribution < -0.4 is 9.47 Å². The maximum atomic E-state index is 9.54. The highest BCUT2D eigenvalue weighted by molar-refractivity contribution is 5.42. The van der Waals surface area contributed by atoms with Gasteiger partial charge in [0.25, 0.3) is 0 Å². The van der Waals surface area contributed by atoms with Crippen molar-refractivity contribution in [2.24, 2.45) is 0 Å². The van der Waals surface area contributed by atoms with Gasteiger partial charge in [-0.05, 0) is 30.5 Å². The monoisotopic (exact) mass is 532 g/mol. The summed E-state index contributed by atoms with van der Waals surface area (Å²) in [6.45, 7) is 6.07. The molecule has 0 radical (unpaired) electrons. The van der Waals surface area contributed by atoms with Gasteiger partial charge in [-0.1, -0.05) is 161 Å². The summed E-state index contributed by atoms with van der Waals surface area (Å²) in [5.74, 6) is 1.61. The van der Waals surface area contributed by atoms with E-state index in [1.807, 2.05) is 18.2 Å². The molecule has 0 amide bonds. The Morgan fingerprint density at radius 1 is 0.447 bits per heavy atom. The fraction of sp³-hybridized carbons (Fsp3) is 0.829. The number of unbranched alkanes of at least 4 members (excludes halogenated alkanes) is 22. The highest BCUT2D eigenvalue weighted by Crippen LogP contribution is 2.29. The van der Waals surface area contributed by atoms with Crippen LogP contribution in [0.25, 0.3) is 0 Å². The molecule has 38 heavy (non-hydrogen) atoms. The summed E-state index contributed by atoms with van der Waals surface area (Å²) in [5.41, 5.74) is 0.882. The van der Waals surface area contributed by atoms with Crippen LogP contribution in [0.15, 0.2) is 18.2 Å². The van der Waals surface area contributed by atoms with Crippen molar-refractivity contribution in [3.8, 4) is 11.5 Å². The Bertz CT molecular complexity index is 615. The maximum absolute atomic E-state index is 9.54. The van der Waals surface area contributed by atoms with Crippen LogP contribution in [0.1, 0.15) is 174 Å². The predicted octanol–water partition coefficient (Wildman–Crippen LogP) is 11.3. The van der Waals surface area contributed by atoms with Crippen LogP contribution in [0.5, 0.6) is 11.5 Å². The molecule has 0 aromatic heterocycles. The highest BCUT2D eigenvalue weighted by Gasteiger charge is 2.07. The molecule has 3 nitrogen and oxygen atoms in total. The lowest BCUT2D eigenvalue weighted by atomic mass is 10.1. The van der Waals surface area contributed by atoms with Crippen molar-refractivity contribution in [1.82, 2.24) is 0 Å². The first-order chi connectivity index (χ1) is 18.8. The lowest BCUT2D eigenvalue weighted by Gasteiger charge is -2.14. The van der Waals surface area contributed by atoms with E-state index in [1.54, 1.807) is 0 Å². The third kappa shape index (κ3) is 20.7. The quantitative estimate of drug-likeness (QED) is 0.104. The summed E-state index contributed by atoms with van der Waals surface area (Å²) in [7, 11) is 0. The summed E-state index contributed by atoms with van der Waals surface area (Å²) in [5, 5.41) is 9.54. The van der Waals surface area contributed by atoms with E-state index < -0.39 is 0 Å². The van der Waals surface area contributed by atoms with Crippen LogP contribution in [0.2, 0.25) is 0 Å². The number of ether oxygens (including phenoxy) is 2. The van der Waals surface area contributed by atoms with Gasteiger partial charge in [-0.15, -0.1) is 0 Å². The van der Waals surface area contributed by atoms with E-state index in [-0.39, 0.29) is 6.61 Å². The molecule has 0 heterocycles. The molecule has 1 N–H and O–H groups in total. The average molecular weight is 533 g/mol. The number of hydrogen-bond donors (Lipinski definition) is 1.